The number of ether oxygens (including phenoxy) is 2. The Balaban J connectivity index is 2.14. The molecule has 1 rings (SSSR count). The van der Waals surface area contributed by atoms with Gasteiger partial charge in [-0.2, -0.15) is 0 Å². The van der Waals surface area contributed by atoms with Crippen LogP contribution in [0.2, 0.25) is 0 Å². The lowest BCUT2D eigenvalue weighted by Crippen LogP contribution is -2.39. The van der Waals surface area contributed by atoms with Crippen molar-refractivity contribution in [1.29, 1.82) is 0 Å². The number of nitrogens with two attached hydrogens (primary N) is 1. The molecule has 0 aromatic carbocycles. The van der Waals surface area contributed by atoms with Crippen LogP contribution in [0.15, 0.2) is 0 Å². The van der Waals surface area contributed by atoms with Crippen molar-refractivity contribution in [1.82, 2.24) is 5.32 Å². The third kappa shape index (κ3) is 5.80. The molecule has 1 aliphatic heterocycles. The van der Waals surface area contributed by atoms with Gasteiger partial charge in [-0.05, 0) is 38.1 Å². The molecule has 1 fully saturated rings. The minimum atomic E-state index is 0.440. The van der Waals surface area contributed by atoms with E-state index in [1.165, 1.54) is 12.8 Å². The van der Waals surface area contributed by atoms with E-state index >= 15 is 0 Å². The lowest BCUT2D eigenvalue weighted by Gasteiger charge is -2.25. The van der Waals surface area contributed by atoms with Crippen LogP contribution in [0.5, 0.6) is 0 Å². The van der Waals surface area contributed by atoms with E-state index in [-0.39, 0.29) is 0 Å². The lowest BCUT2D eigenvalue weighted by molar-refractivity contribution is 0.0517. The average molecular weight is 230 g/mol. The summed E-state index contributed by atoms with van der Waals surface area (Å²) in [6.45, 7) is 4.41. The fraction of sp³-hybridized carbons (Fsp3) is 1.00. The Bertz CT molecular complexity index is 161. The number of methoxy groups -OCH3 is 1. The lowest BCUT2D eigenvalue weighted by atomic mass is 10.0. The summed E-state index contributed by atoms with van der Waals surface area (Å²) >= 11 is 0. The van der Waals surface area contributed by atoms with Gasteiger partial charge in [-0.25, -0.2) is 0 Å². The second-order valence-electron chi connectivity index (χ2n) is 4.57. The highest BCUT2D eigenvalue weighted by atomic mass is 16.5. The van der Waals surface area contributed by atoms with E-state index in [9.17, 15) is 0 Å². The second-order valence-corrected chi connectivity index (χ2v) is 4.57. The highest BCUT2D eigenvalue weighted by Crippen LogP contribution is 2.12. The molecule has 0 bridgehead atoms. The molecular formula is C12H26N2O2. The zero-order valence-corrected chi connectivity index (χ0v) is 10.4. The molecule has 2 unspecified atom stereocenters. The Morgan fingerprint density at radius 2 is 2.44 bits per heavy atom. The normalized spacial score (nSPS) is 23.2. The summed E-state index contributed by atoms with van der Waals surface area (Å²) in [5.74, 6) is 0.672. The van der Waals surface area contributed by atoms with Crippen molar-refractivity contribution < 1.29 is 9.47 Å². The molecule has 0 aromatic heterocycles. The summed E-state index contributed by atoms with van der Waals surface area (Å²) in [5.41, 5.74) is 5.52. The minimum absolute atomic E-state index is 0.440. The monoisotopic (exact) mass is 230 g/mol. The molecule has 0 radical (unpaired) electrons. The molecule has 0 saturated carbocycles. The maximum Gasteiger partial charge on any atom is 0.0615 e. The van der Waals surface area contributed by atoms with Crippen LogP contribution >= 0.6 is 0 Å². The Hall–Kier alpha value is -0.160. The van der Waals surface area contributed by atoms with Gasteiger partial charge in [0.25, 0.3) is 0 Å². The van der Waals surface area contributed by atoms with Gasteiger partial charge in [0, 0.05) is 26.3 Å². The van der Waals surface area contributed by atoms with Gasteiger partial charge in [0.1, 0.15) is 0 Å². The molecule has 1 heterocycles. The van der Waals surface area contributed by atoms with E-state index in [0.29, 0.717) is 12.0 Å². The molecule has 4 heteroatoms. The summed E-state index contributed by atoms with van der Waals surface area (Å²) in [4.78, 5) is 0. The summed E-state index contributed by atoms with van der Waals surface area (Å²) in [7, 11) is 1.75. The van der Waals surface area contributed by atoms with Gasteiger partial charge < -0.3 is 20.5 Å². The average Bonchev–Trinajstić information content (AvgIpc) is 2.34. The summed E-state index contributed by atoms with van der Waals surface area (Å²) in [6, 6.07) is 0.440. The van der Waals surface area contributed by atoms with Gasteiger partial charge in [0.15, 0.2) is 0 Å². The van der Waals surface area contributed by atoms with E-state index in [1.807, 2.05) is 0 Å². The Morgan fingerprint density at radius 1 is 1.56 bits per heavy atom. The van der Waals surface area contributed by atoms with Crippen LogP contribution in [0.1, 0.15) is 25.7 Å². The van der Waals surface area contributed by atoms with Crippen LogP contribution in [-0.4, -0.2) is 46.1 Å². The standard InChI is InChI=1S/C12H26N2O2/c1-15-10-12(5-2-6-13)14-8-11-4-3-7-16-9-11/h11-12,14H,2-10,13H2,1H3. The van der Waals surface area contributed by atoms with Gasteiger partial charge >= 0.3 is 0 Å². The van der Waals surface area contributed by atoms with E-state index < -0.39 is 0 Å². The third-order valence-corrected chi connectivity index (χ3v) is 3.07. The molecule has 0 aromatic rings. The van der Waals surface area contributed by atoms with Crippen molar-refractivity contribution in [3.8, 4) is 0 Å². The molecule has 1 saturated heterocycles. The van der Waals surface area contributed by atoms with Gasteiger partial charge in [-0.3, -0.25) is 0 Å². The second kappa shape index (κ2) is 8.93. The topological polar surface area (TPSA) is 56.5 Å². The molecule has 96 valence electrons. The van der Waals surface area contributed by atoms with E-state index in [1.54, 1.807) is 7.11 Å². The zero-order chi connectivity index (χ0) is 11.6. The highest BCUT2D eigenvalue weighted by Gasteiger charge is 2.15. The summed E-state index contributed by atoms with van der Waals surface area (Å²) in [5, 5.41) is 3.56. The van der Waals surface area contributed by atoms with Crippen molar-refractivity contribution in [2.24, 2.45) is 11.7 Å². The molecule has 0 amide bonds. The SMILES string of the molecule is COCC(CCCN)NCC1CCCOC1. The molecule has 3 N–H and O–H groups in total. The minimum Gasteiger partial charge on any atom is -0.383 e. The van der Waals surface area contributed by atoms with E-state index in [0.717, 1.165) is 45.8 Å². The van der Waals surface area contributed by atoms with Crippen molar-refractivity contribution in [2.75, 3.05) is 40.0 Å². The van der Waals surface area contributed by atoms with Crippen molar-refractivity contribution >= 4 is 0 Å². The largest absolute Gasteiger partial charge is 0.383 e. The predicted molar refractivity (Wildman–Crippen MR) is 65.5 cm³/mol. The highest BCUT2D eigenvalue weighted by molar-refractivity contribution is 4.71. The molecule has 0 spiro atoms. The van der Waals surface area contributed by atoms with Gasteiger partial charge in [-0.1, -0.05) is 0 Å². The first-order chi connectivity index (χ1) is 7.86. The van der Waals surface area contributed by atoms with Crippen LogP contribution in [0.4, 0.5) is 0 Å². The molecular weight excluding hydrogens is 204 g/mol. The van der Waals surface area contributed by atoms with Crippen molar-refractivity contribution in [3.05, 3.63) is 0 Å². The van der Waals surface area contributed by atoms with Gasteiger partial charge in [-0.15, -0.1) is 0 Å². The first-order valence-corrected chi connectivity index (χ1v) is 6.37. The zero-order valence-electron chi connectivity index (χ0n) is 10.4. The van der Waals surface area contributed by atoms with Crippen molar-refractivity contribution in [2.45, 2.75) is 31.7 Å². The molecule has 0 aliphatic carbocycles. The molecule has 2 atom stereocenters. The molecule has 1 aliphatic rings. The third-order valence-electron chi connectivity index (χ3n) is 3.07. The van der Waals surface area contributed by atoms with Crippen LogP contribution < -0.4 is 11.1 Å². The first kappa shape index (κ1) is 13.9. The fourth-order valence-corrected chi connectivity index (χ4v) is 2.11. The fourth-order valence-electron chi connectivity index (χ4n) is 2.11. The van der Waals surface area contributed by atoms with Crippen LogP contribution in [0.3, 0.4) is 0 Å². The van der Waals surface area contributed by atoms with E-state index in [2.05, 4.69) is 5.32 Å². The maximum atomic E-state index is 5.52. The maximum absolute atomic E-state index is 5.52. The van der Waals surface area contributed by atoms with Crippen molar-refractivity contribution in [3.63, 3.8) is 0 Å². The molecule has 16 heavy (non-hydrogen) atoms. The molecule has 4 nitrogen and oxygen atoms in total. The quantitative estimate of drug-likeness (QED) is 0.646. The number of hydrogen-bond donors (Lipinski definition) is 2. The Labute approximate surface area is 98.9 Å². The van der Waals surface area contributed by atoms with Gasteiger partial charge in [0.05, 0.1) is 13.2 Å². The van der Waals surface area contributed by atoms with Crippen LogP contribution in [-0.2, 0) is 9.47 Å². The smallest absolute Gasteiger partial charge is 0.0615 e. The number of nitrogens with one attached hydrogen (secondary N) is 1. The van der Waals surface area contributed by atoms with E-state index in [4.69, 9.17) is 15.2 Å². The summed E-state index contributed by atoms with van der Waals surface area (Å²) < 4.78 is 10.7. The predicted octanol–water partition coefficient (Wildman–Crippen LogP) is 0.757. The Morgan fingerprint density at radius 3 is 3.06 bits per heavy atom. The number of hydrogen-bond acceptors (Lipinski definition) is 4. The van der Waals surface area contributed by atoms with Gasteiger partial charge in [0.2, 0.25) is 0 Å². The van der Waals surface area contributed by atoms with Crippen LogP contribution in [0, 0.1) is 5.92 Å². The summed E-state index contributed by atoms with van der Waals surface area (Å²) in [6.07, 6.45) is 4.63. The number of rotatable bonds is 8. The Kier molecular flexibility index (Phi) is 7.76. The van der Waals surface area contributed by atoms with Crippen LogP contribution in [0.25, 0.3) is 0 Å². The first-order valence-electron chi connectivity index (χ1n) is 6.37.